The van der Waals surface area contributed by atoms with E-state index in [0.717, 1.165) is 45.1 Å². The molecule has 0 aromatic carbocycles. The fourth-order valence-corrected chi connectivity index (χ4v) is 1.71. The Kier molecular flexibility index (Phi) is 6.61. The van der Waals surface area contributed by atoms with Crippen molar-refractivity contribution in [1.29, 1.82) is 0 Å². The molecule has 1 amide bonds. The van der Waals surface area contributed by atoms with Gasteiger partial charge in [-0.15, -0.1) is 0 Å². The fraction of sp³-hybridized carbons (Fsp3) is 0.833. The summed E-state index contributed by atoms with van der Waals surface area (Å²) in [6.45, 7) is 1.32. The predicted molar refractivity (Wildman–Crippen MR) is 60.9 cm³/mol. The van der Waals surface area contributed by atoms with Crippen LogP contribution in [0.5, 0.6) is 0 Å². The Morgan fingerprint density at radius 1 is 0.875 bits per heavy atom. The molecule has 1 fully saturated rings. The van der Waals surface area contributed by atoms with Crippen molar-refractivity contribution < 1.29 is 14.3 Å². The average Bonchev–Trinajstić information content (AvgIpc) is 2.27. The number of esters is 1. The number of ether oxygens (including phenoxy) is 1. The van der Waals surface area contributed by atoms with Crippen LogP contribution in [0.3, 0.4) is 0 Å². The Bertz CT molecular complexity index is 204. The minimum absolute atomic E-state index is 0.102. The Labute approximate surface area is 96.7 Å². The number of cyclic esters (lactones) is 1. The van der Waals surface area contributed by atoms with E-state index < -0.39 is 0 Å². The fourth-order valence-electron chi connectivity index (χ4n) is 1.71. The number of amides is 1. The smallest absolute Gasteiger partial charge is 0.305 e. The number of nitrogens with one attached hydrogen (secondary N) is 1. The molecule has 0 bridgehead atoms. The van der Waals surface area contributed by atoms with Crippen molar-refractivity contribution in [2.45, 2.75) is 51.4 Å². The zero-order valence-electron chi connectivity index (χ0n) is 9.80. The molecular formula is C12H21NO3. The molecule has 0 spiro atoms. The second-order valence-corrected chi connectivity index (χ2v) is 4.19. The van der Waals surface area contributed by atoms with Crippen molar-refractivity contribution in [3.63, 3.8) is 0 Å². The number of rotatable bonds is 0. The Hall–Kier alpha value is -1.06. The Morgan fingerprint density at radius 2 is 1.62 bits per heavy atom. The number of hydrogen-bond acceptors (Lipinski definition) is 3. The lowest BCUT2D eigenvalue weighted by Crippen LogP contribution is -2.24. The Morgan fingerprint density at radius 3 is 2.50 bits per heavy atom. The topological polar surface area (TPSA) is 55.4 Å². The van der Waals surface area contributed by atoms with Crippen molar-refractivity contribution in [2.24, 2.45) is 0 Å². The van der Waals surface area contributed by atoms with E-state index >= 15 is 0 Å². The zero-order valence-corrected chi connectivity index (χ0v) is 9.80. The number of carbonyl (C=O) groups excluding carboxylic acids is 2. The number of hydrogen-bond donors (Lipinski definition) is 1. The van der Waals surface area contributed by atoms with E-state index in [-0.39, 0.29) is 11.9 Å². The maximum Gasteiger partial charge on any atom is 0.305 e. The summed E-state index contributed by atoms with van der Waals surface area (Å²) >= 11 is 0. The minimum Gasteiger partial charge on any atom is -0.466 e. The SMILES string of the molecule is O=C1CCCCC(=O)OCCCCCCN1. The van der Waals surface area contributed by atoms with Crippen LogP contribution in [-0.4, -0.2) is 25.0 Å². The largest absolute Gasteiger partial charge is 0.466 e. The molecule has 0 aliphatic carbocycles. The van der Waals surface area contributed by atoms with Crippen LogP contribution in [0.2, 0.25) is 0 Å². The van der Waals surface area contributed by atoms with Gasteiger partial charge in [0.15, 0.2) is 0 Å². The third-order valence-electron chi connectivity index (χ3n) is 2.69. The highest BCUT2D eigenvalue weighted by molar-refractivity contribution is 5.75. The molecular weight excluding hydrogens is 206 g/mol. The lowest BCUT2D eigenvalue weighted by molar-refractivity contribution is -0.144. The zero-order chi connectivity index (χ0) is 11.6. The van der Waals surface area contributed by atoms with Gasteiger partial charge >= 0.3 is 5.97 Å². The highest BCUT2D eigenvalue weighted by Crippen LogP contribution is 2.05. The highest BCUT2D eigenvalue weighted by Gasteiger charge is 2.05. The molecule has 1 N–H and O–H groups in total. The van der Waals surface area contributed by atoms with Crippen LogP contribution in [0, 0.1) is 0 Å². The molecule has 0 aromatic heterocycles. The van der Waals surface area contributed by atoms with Crippen LogP contribution in [0.4, 0.5) is 0 Å². The van der Waals surface area contributed by atoms with Crippen LogP contribution in [0.25, 0.3) is 0 Å². The van der Waals surface area contributed by atoms with E-state index in [9.17, 15) is 9.59 Å². The molecule has 1 aliphatic heterocycles. The molecule has 1 aliphatic rings. The van der Waals surface area contributed by atoms with Crippen LogP contribution in [-0.2, 0) is 14.3 Å². The summed E-state index contributed by atoms with van der Waals surface area (Å²) in [4.78, 5) is 22.5. The van der Waals surface area contributed by atoms with Gasteiger partial charge in [-0.2, -0.15) is 0 Å². The average molecular weight is 227 g/mol. The van der Waals surface area contributed by atoms with Gasteiger partial charge in [0, 0.05) is 19.4 Å². The summed E-state index contributed by atoms with van der Waals surface area (Å²) in [6.07, 6.45) is 6.55. The van der Waals surface area contributed by atoms with Crippen molar-refractivity contribution in [3.8, 4) is 0 Å². The highest BCUT2D eigenvalue weighted by atomic mass is 16.5. The number of carbonyl (C=O) groups is 2. The van der Waals surface area contributed by atoms with Crippen molar-refractivity contribution >= 4 is 11.9 Å². The van der Waals surface area contributed by atoms with Gasteiger partial charge in [0.05, 0.1) is 6.61 Å². The summed E-state index contributed by atoms with van der Waals surface area (Å²) in [7, 11) is 0. The standard InChI is InChI=1S/C12H21NO3/c14-11-7-3-4-8-12(15)16-10-6-2-1-5-9-13-11/h1-10H2,(H,13,14). The van der Waals surface area contributed by atoms with Crippen LogP contribution < -0.4 is 5.32 Å². The molecule has 16 heavy (non-hydrogen) atoms. The van der Waals surface area contributed by atoms with Gasteiger partial charge in [0.1, 0.15) is 0 Å². The predicted octanol–water partition coefficient (Wildman–Crippen LogP) is 1.78. The van der Waals surface area contributed by atoms with E-state index in [1.165, 1.54) is 0 Å². The van der Waals surface area contributed by atoms with Gasteiger partial charge in [-0.05, 0) is 32.1 Å². The van der Waals surface area contributed by atoms with Gasteiger partial charge in [0.25, 0.3) is 0 Å². The van der Waals surface area contributed by atoms with Gasteiger partial charge in [-0.25, -0.2) is 0 Å². The first-order valence-electron chi connectivity index (χ1n) is 6.21. The maximum atomic E-state index is 11.3. The quantitative estimate of drug-likeness (QED) is 0.642. The third kappa shape index (κ3) is 6.43. The van der Waals surface area contributed by atoms with Crippen molar-refractivity contribution in [2.75, 3.05) is 13.2 Å². The summed E-state index contributed by atoms with van der Waals surface area (Å²) in [5, 5.41) is 2.89. The van der Waals surface area contributed by atoms with Crippen molar-refractivity contribution in [1.82, 2.24) is 5.32 Å². The monoisotopic (exact) mass is 227 g/mol. The van der Waals surface area contributed by atoms with Gasteiger partial charge in [0.2, 0.25) is 5.91 Å². The van der Waals surface area contributed by atoms with E-state index in [1.807, 2.05) is 0 Å². The third-order valence-corrected chi connectivity index (χ3v) is 2.69. The molecule has 92 valence electrons. The van der Waals surface area contributed by atoms with E-state index in [1.54, 1.807) is 0 Å². The molecule has 4 nitrogen and oxygen atoms in total. The molecule has 0 aromatic rings. The summed E-state index contributed by atoms with van der Waals surface area (Å²) in [5.41, 5.74) is 0. The van der Waals surface area contributed by atoms with E-state index in [2.05, 4.69) is 5.32 Å². The molecule has 4 heteroatoms. The van der Waals surface area contributed by atoms with Crippen molar-refractivity contribution in [3.05, 3.63) is 0 Å². The molecule has 0 saturated carbocycles. The summed E-state index contributed by atoms with van der Waals surface area (Å²) in [6, 6.07) is 0. The lowest BCUT2D eigenvalue weighted by Gasteiger charge is -2.08. The second-order valence-electron chi connectivity index (χ2n) is 4.19. The first kappa shape index (κ1) is 13.0. The van der Waals surface area contributed by atoms with E-state index in [4.69, 9.17) is 4.74 Å². The minimum atomic E-state index is -0.127. The van der Waals surface area contributed by atoms with Crippen LogP contribution >= 0.6 is 0 Å². The molecule has 0 radical (unpaired) electrons. The van der Waals surface area contributed by atoms with Gasteiger partial charge in [-0.1, -0.05) is 6.42 Å². The maximum absolute atomic E-state index is 11.3. The van der Waals surface area contributed by atoms with Crippen LogP contribution in [0.15, 0.2) is 0 Å². The van der Waals surface area contributed by atoms with Gasteiger partial charge in [-0.3, -0.25) is 9.59 Å². The van der Waals surface area contributed by atoms with E-state index in [0.29, 0.717) is 19.4 Å². The molecule has 1 saturated heterocycles. The first-order valence-corrected chi connectivity index (χ1v) is 6.21. The summed E-state index contributed by atoms with van der Waals surface area (Å²) < 4.78 is 5.07. The molecule has 0 unspecified atom stereocenters. The molecule has 0 atom stereocenters. The molecule has 1 heterocycles. The first-order chi connectivity index (χ1) is 7.79. The lowest BCUT2D eigenvalue weighted by atomic mass is 10.1. The van der Waals surface area contributed by atoms with Crippen LogP contribution in [0.1, 0.15) is 51.4 Å². The normalized spacial score (nSPS) is 21.8. The summed E-state index contributed by atoms with van der Waals surface area (Å²) in [5.74, 6) is -0.0251. The Balaban J connectivity index is 2.24. The van der Waals surface area contributed by atoms with Gasteiger partial charge < -0.3 is 10.1 Å². The second kappa shape index (κ2) is 8.13. The molecule has 1 rings (SSSR count).